The molecule has 0 atom stereocenters. The molecule has 0 heterocycles. The van der Waals surface area contributed by atoms with Gasteiger partial charge in [0.1, 0.15) is 5.82 Å². The second-order valence-corrected chi connectivity index (χ2v) is 5.54. The number of rotatable bonds is 5. The second kappa shape index (κ2) is 9.99. The van der Waals surface area contributed by atoms with Crippen LogP contribution in [-0.2, 0) is 17.9 Å². The van der Waals surface area contributed by atoms with Crippen LogP contribution in [0.5, 0.6) is 0 Å². The number of hydrogen-bond donors (Lipinski definition) is 2. The number of aliphatic imine (C=N–C) groups is 1. The predicted octanol–water partition coefficient (Wildman–Crippen LogP) is 3.33. The van der Waals surface area contributed by atoms with Gasteiger partial charge in [-0.1, -0.05) is 25.3 Å². The molecule has 3 N–H and O–H groups in total. The fourth-order valence-corrected chi connectivity index (χ4v) is 2.67. The summed E-state index contributed by atoms with van der Waals surface area (Å²) in [5.41, 5.74) is 7.39. The van der Waals surface area contributed by atoms with E-state index in [-0.39, 0.29) is 36.4 Å². The van der Waals surface area contributed by atoms with Crippen molar-refractivity contribution in [2.45, 2.75) is 51.3 Å². The third-order valence-corrected chi connectivity index (χ3v) is 3.80. The van der Waals surface area contributed by atoms with E-state index in [0.717, 1.165) is 18.4 Å². The Morgan fingerprint density at radius 1 is 1.36 bits per heavy atom. The molecular weight excluding hydrogens is 396 g/mol. The molecule has 1 aromatic carbocycles. The summed E-state index contributed by atoms with van der Waals surface area (Å²) < 4.78 is 18.5. The second-order valence-electron chi connectivity index (χ2n) is 5.54. The highest BCUT2D eigenvalue weighted by Crippen LogP contribution is 2.17. The zero-order chi connectivity index (χ0) is 15.1. The molecule has 0 bridgehead atoms. The number of nitrogens with zero attached hydrogens (tertiary/aromatic N) is 1. The van der Waals surface area contributed by atoms with Gasteiger partial charge < -0.3 is 15.8 Å². The van der Waals surface area contributed by atoms with Gasteiger partial charge in [0.05, 0.1) is 13.2 Å². The molecule has 1 aromatic rings. The van der Waals surface area contributed by atoms with Gasteiger partial charge in [-0.25, -0.2) is 9.38 Å². The molecule has 1 aliphatic carbocycles. The van der Waals surface area contributed by atoms with Crippen LogP contribution in [0.1, 0.15) is 43.2 Å². The van der Waals surface area contributed by atoms with Crippen molar-refractivity contribution >= 4 is 29.9 Å². The lowest BCUT2D eigenvalue weighted by Gasteiger charge is -2.23. The van der Waals surface area contributed by atoms with Gasteiger partial charge in [0.25, 0.3) is 0 Å². The third-order valence-electron chi connectivity index (χ3n) is 3.80. The first kappa shape index (κ1) is 19.2. The first-order valence-corrected chi connectivity index (χ1v) is 7.51. The smallest absolute Gasteiger partial charge is 0.189 e. The molecule has 1 fully saturated rings. The highest BCUT2D eigenvalue weighted by Gasteiger charge is 2.13. The summed E-state index contributed by atoms with van der Waals surface area (Å²) in [5, 5.41) is 3.27. The van der Waals surface area contributed by atoms with E-state index in [4.69, 9.17) is 10.5 Å². The van der Waals surface area contributed by atoms with E-state index in [9.17, 15) is 4.39 Å². The Morgan fingerprint density at radius 2 is 2.09 bits per heavy atom. The minimum atomic E-state index is -0.252. The summed E-state index contributed by atoms with van der Waals surface area (Å²) >= 11 is 0. The Hall–Kier alpha value is -0.890. The van der Waals surface area contributed by atoms with Crippen LogP contribution in [-0.4, -0.2) is 19.1 Å². The molecule has 0 amide bonds. The van der Waals surface area contributed by atoms with Crippen molar-refractivity contribution < 1.29 is 9.13 Å². The van der Waals surface area contributed by atoms with Crippen LogP contribution in [0, 0.1) is 5.82 Å². The number of methoxy groups -OCH3 is 1. The molecule has 0 spiro atoms. The molecule has 0 aromatic heterocycles. The molecular formula is C16H25FIN3O. The van der Waals surface area contributed by atoms with E-state index in [0.29, 0.717) is 24.1 Å². The Bertz CT molecular complexity index is 490. The average Bonchev–Trinajstić information content (AvgIpc) is 2.49. The lowest BCUT2D eigenvalue weighted by Crippen LogP contribution is -2.41. The summed E-state index contributed by atoms with van der Waals surface area (Å²) in [6.45, 7) is 0.710. The van der Waals surface area contributed by atoms with Gasteiger partial charge in [-0.3, -0.25) is 0 Å². The molecule has 22 heavy (non-hydrogen) atoms. The van der Waals surface area contributed by atoms with Crippen molar-refractivity contribution in [1.29, 1.82) is 0 Å². The summed E-state index contributed by atoms with van der Waals surface area (Å²) in [5.74, 6) is 0.220. The average molecular weight is 421 g/mol. The van der Waals surface area contributed by atoms with E-state index in [1.54, 1.807) is 19.2 Å². The zero-order valence-electron chi connectivity index (χ0n) is 13.0. The van der Waals surface area contributed by atoms with E-state index >= 15 is 0 Å². The molecule has 1 saturated carbocycles. The van der Waals surface area contributed by atoms with Gasteiger partial charge in [0, 0.05) is 18.7 Å². The lowest BCUT2D eigenvalue weighted by molar-refractivity contribution is 0.181. The first-order valence-electron chi connectivity index (χ1n) is 7.51. The molecule has 124 valence electrons. The van der Waals surface area contributed by atoms with Crippen LogP contribution >= 0.6 is 24.0 Å². The van der Waals surface area contributed by atoms with Gasteiger partial charge in [0.15, 0.2) is 5.96 Å². The predicted molar refractivity (Wildman–Crippen MR) is 97.9 cm³/mol. The monoisotopic (exact) mass is 421 g/mol. The number of guanidine groups is 1. The molecule has 4 nitrogen and oxygen atoms in total. The number of ether oxygens (including phenoxy) is 1. The Kier molecular flexibility index (Phi) is 8.70. The quantitative estimate of drug-likeness (QED) is 0.436. The highest BCUT2D eigenvalue weighted by molar-refractivity contribution is 14.0. The Morgan fingerprint density at radius 3 is 2.77 bits per heavy atom. The zero-order valence-corrected chi connectivity index (χ0v) is 15.3. The molecule has 6 heteroatoms. The summed E-state index contributed by atoms with van der Waals surface area (Å²) in [6.07, 6.45) is 6.13. The number of halogens is 2. The Balaban J connectivity index is 0.00000242. The van der Waals surface area contributed by atoms with Crippen molar-refractivity contribution in [3.63, 3.8) is 0 Å². The maximum atomic E-state index is 13.5. The minimum Gasteiger partial charge on any atom is -0.380 e. The van der Waals surface area contributed by atoms with Crippen molar-refractivity contribution in [1.82, 2.24) is 5.32 Å². The summed E-state index contributed by atoms with van der Waals surface area (Å²) in [6, 6.07) is 5.39. The maximum Gasteiger partial charge on any atom is 0.189 e. The van der Waals surface area contributed by atoms with Gasteiger partial charge in [-0.05, 0) is 30.5 Å². The number of nitrogens with two attached hydrogens (primary N) is 1. The number of benzene rings is 1. The number of hydrogen-bond acceptors (Lipinski definition) is 2. The van der Waals surface area contributed by atoms with Gasteiger partial charge in [-0.15, -0.1) is 24.0 Å². The van der Waals surface area contributed by atoms with Crippen molar-refractivity contribution in [3.8, 4) is 0 Å². The topological polar surface area (TPSA) is 59.6 Å². The third kappa shape index (κ3) is 6.08. The van der Waals surface area contributed by atoms with Crippen LogP contribution in [0.15, 0.2) is 23.2 Å². The fourth-order valence-electron chi connectivity index (χ4n) is 2.67. The van der Waals surface area contributed by atoms with E-state index < -0.39 is 0 Å². The molecule has 0 unspecified atom stereocenters. The van der Waals surface area contributed by atoms with E-state index in [2.05, 4.69) is 10.3 Å². The fraction of sp³-hybridized carbons (Fsp3) is 0.562. The lowest BCUT2D eigenvalue weighted by atomic mass is 9.96. The van der Waals surface area contributed by atoms with Crippen LogP contribution in [0.25, 0.3) is 0 Å². The van der Waals surface area contributed by atoms with Crippen LogP contribution in [0.3, 0.4) is 0 Å². The van der Waals surface area contributed by atoms with E-state index in [1.807, 2.05) is 0 Å². The van der Waals surface area contributed by atoms with Crippen LogP contribution in [0.2, 0.25) is 0 Å². The van der Waals surface area contributed by atoms with Crippen LogP contribution in [0.4, 0.5) is 4.39 Å². The molecule has 0 saturated heterocycles. The molecule has 0 radical (unpaired) electrons. The van der Waals surface area contributed by atoms with Gasteiger partial charge >= 0.3 is 0 Å². The van der Waals surface area contributed by atoms with Crippen molar-refractivity contribution in [2.75, 3.05) is 7.11 Å². The Labute approximate surface area is 148 Å². The highest BCUT2D eigenvalue weighted by atomic mass is 127. The maximum absolute atomic E-state index is 13.5. The molecule has 1 aliphatic rings. The molecule has 0 aliphatic heterocycles. The van der Waals surface area contributed by atoms with Crippen molar-refractivity contribution in [3.05, 3.63) is 35.1 Å². The number of nitrogens with one attached hydrogen (secondary N) is 1. The normalized spacial score (nSPS) is 16.2. The van der Waals surface area contributed by atoms with Crippen LogP contribution < -0.4 is 11.1 Å². The van der Waals surface area contributed by atoms with Crippen molar-refractivity contribution in [2.24, 2.45) is 10.7 Å². The van der Waals surface area contributed by atoms with Gasteiger partial charge in [0.2, 0.25) is 0 Å². The van der Waals surface area contributed by atoms with E-state index in [1.165, 1.54) is 25.3 Å². The van der Waals surface area contributed by atoms with Gasteiger partial charge in [-0.2, -0.15) is 0 Å². The summed E-state index contributed by atoms with van der Waals surface area (Å²) in [7, 11) is 1.55. The summed E-state index contributed by atoms with van der Waals surface area (Å²) in [4.78, 5) is 4.34. The minimum absolute atomic E-state index is 0. The largest absolute Gasteiger partial charge is 0.380 e. The molecule has 2 rings (SSSR count). The SMILES string of the molecule is COCc1cc(CN=C(N)NC2CCCCC2)ccc1F.I. The first-order chi connectivity index (χ1) is 10.2. The standard InChI is InChI=1S/C16H24FN3O.HI/c1-21-11-13-9-12(7-8-15(13)17)10-19-16(18)20-14-5-3-2-4-6-14;/h7-9,14H,2-6,10-11H2,1H3,(H3,18,19,20);1H.